The van der Waals surface area contributed by atoms with E-state index in [0.29, 0.717) is 23.7 Å². The second-order valence-corrected chi connectivity index (χ2v) is 18.5. The van der Waals surface area contributed by atoms with Gasteiger partial charge < -0.3 is 9.16 Å². The van der Waals surface area contributed by atoms with Gasteiger partial charge in [-0.05, 0) is 60.5 Å². The van der Waals surface area contributed by atoms with Gasteiger partial charge in [0, 0.05) is 12.3 Å². The van der Waals surface area contributed by atoms with Gasteiger partial charge in [-0.25, -0.2) is 4.90 Å². The fourth-order valence-electron chi connectivity index (χ4n) is 7.97. The molecular formula is C39H59NO4Si. The summed E-state index contributed by atoms with van der Waals surface area (Å²) in [4.78, 5) is 31.3. The van der Waals surface area contributed by atoms with Gasteiger partial charge in [0.1, 0.15) is 5.75 Å². The highest BCUT2D eigenvalue weighted by molar-refractivity contribution is 6.73. The summed E-state index contributed by atoms with van der Waals surface area (Å²) in [6.45, 7) is 15.4. The number of carbonyl (C=O) groups is 2. The standard InChI is InChI=1S/C39H59NO4Si/c1-8-11-25-45(26-12-9-2,27-13-10-3)44-36(32-19-15-14-16-20-32)31(7)37(41)40-38(42)33-21-17-18-22-35(33)43-39(40)28-30(6)23-24-34(39)29(4)5/h14-22,29-31,34,36H,8-13,23-28H2,1-7H3/t30-,31+,34+,36+,39+/m1/s1. The smallest absolute Gasteiger partial charge is 0.267 e. The molecule has 1 fully saturated rings. The summed E-state index contributed by atoms with van der Waals surface area (Å²) in [5.74, 6) is 0.273. The number of para-hydroxylation sites is 1. The van der Waals surface area contributed by atoms with Gasteiger partial charge in [-0.15, -0.1) is 0 Å². The monoisotopic (exact) mass is 633 g/mol. The van der Waals surface area contributed by atoms with Gasteiger partial charge >= 0.3 is 0 Å². The molecule has 2 aliphatic rings. The molecule has 0 N–H and O–H groups in total. The van der Waals surface area contributed by atoms with Gasteiger partial charge in [-0.2, -0.15) is 0 Å². The van der Waals surface area contributed by atoms with E-state index in [1.54, 1.807) is 11.0 Å². The second kappa shape index (κ2) is 15.9. The zero-order chi connectivity index (χ0) is 32.6. The van der Waals surface area contributed by atoms with Crippen LogP contribution in [0.1, 0.15) is 128 Å². The Morgan fingerprint density at radius 3 is 2.07 bits per heavy atom. The summed E-state index contributed by atoms with van der Waals surface area (Å²) < 4.78 is 14.5. The number of rotatable bonds is 15. The first-order valence-electron chi connectivity index (χ1n) is 18.0. The lowest BCUT2D eigenvalue weighted by molar-refractivity contribution is -0.181. The summed E-state index contributed by atoms with van der Waals surface area (Å²) in [7, 11) is -2.21. The highest BCUT2D eigenvalue weighted by Gasteiger charge is 2.58. The molecule has 45 heavy (non-hydrogen) atoms. The summed E-state index contributed by atoms with van der Waals surface area (Å²) in [5.41, 5.74) is 0.487. The molecule has 248 valence electrons. The third-order valence-electron chi connectivity index (χ3n) is 10.5. The Bertz CT molecular complexity index is 1230. The molecule has 4 rings (SSSR count). The molecule has 2 aromatic rings. The minimum Gasteiger partial charge on any atom is -0.466 e. The van der Waals surface area contributed by atoms with Gasteiger partial charge in [0.15, 0.2) is 14.0 Å². The molecule has 1 saturated carbocycles. The molecule has 0 unspecified atom stereocenters. The van der Waals surface area contributed by atoms with Crippen LogP contribution in [0.15, 0.2) is 54.6 Å². The van der Waals surface area contributed by atoms with Gasteiger partial charge in [0.25, 0.3) is 5.91 Å². The maximum atomic E-state index is 15.2. The lowest BCUT2D eigenvalue weighted by Gasteiger charge is -2.55. The SMILES string of the molecule is CCCC[Si](CCCC)(CCCC)O[C@H](c1ccccc1)[C@H](C)C(=O)N1C(=O)c2ccccc2O[C@]12C[C@H](C)CC[C@H]2C(C)C. The number of hydrogen-bond donors (Lipinski definition) is 0. The highest BCUT2D eigenvalue weighted by Crippen LogP contribution is 2.50. The van der Waals surface area contributed by atoms with Crippen molar-refractivity contribution in [2.75, 3.05) is 0 Å². The minimum atomic E-state index is -2.21. The summed E-state index contributed by atoms with van der Waals surface area (Å²) in [6, 6.07) is 21.1. The molecular weight excluding hydrogens is 575 g/mol. The number of hydrogen-bond acceptors (Lipinski definition) is 4. The second-order valence-electron chi connectivity index (χ2n) is 14.4. The van der Waals surface area contributed by atoms with Crippen LogP contribution in [0.2, 0.25) is 18.1 Å². The van der Waals surface area contributed by atoms with E-state index in [4.69, 9.17) is 9.16 Å². The van der Waals surface area contributed by atoms with E-state index in [1.807, 2.05) is 43.3 Å². The normalized spacial score (nSPS) is 23.1. The van der Waals surface area contributed by atoms with Crippen molar-refractivity contribution >= 4 is 20.1 Å². The predicted molar refractivity (Wildman–Crippen MR) is 187 cm³/mol. The summed E-state index contributed by atoms with van der Waals surface area (Å²) in [5, 5.41) is 0. The Labute approximate surface area is 274 Å². The molecule has 6 heteroatoms. The number of ether oxygens (including phenoxy) is 1. The van der Waals surface area contributed by atoms with Crippen LogP contribution in [0, 0.1) is 23.7 Å². The number of fused-ring (bicyclic) bond motifs is 1. The van der Waals surface area contributed by atoms with Crippen LogP contribution in [0.25, 0.3) is 0 Å². The zero-order valence-corrected chi connectivity index (χ0v) is 30.1. The van der Waals surface area contributed by atoms with Crippen molar-refractivity contribution in [3.63, 3.8) is 0 Å². The third-order valence-corrected chi connectivity index (χ3v) is 15.1. The van der Waals surface area contributed by atoms with Crippen molar-refractivity contribution in [2.45, 2.75) is 136 Å². The molecule has 2 aromatic carbocycles. The summed E-state index contributed by atoms with van der Waals surface area (Å²) in [6.07, 6.45) is 9.07. The zero-order valence-electron chi connectivity index (χ0n) is 29.1. The van der Waals surface area contributed by atoms with Crippen molar-refractivity contribution in [1.29, 1.82) is 0 Å². The molecule has 5 atom stereocenters. The average molecular weight is 634 g/mol. The lowest BCUT2D eigenvalue weighted by Crippen LogP contribution is -2.68. The first-order chi connectivity index (χ1) is 21.6. The van der Waals surface area contributed by atoms with Gasteiger partial charge in [0.05, 0.1) is 17.6 Å². The quantitative estimate of drug-likeness (QED) is 0.183. The lowest BCUT2D eigenvalue weighted by atomic mass is 9.69. The van der Waals surface area contributed by atoms with E-state index in [9.17, 15) is 4.79 Å². The van der Waals surface area contributed by atoms with Crippen molar-refractivity contribution < 1.29 is 18.8 Å². The van der Waals surface area contributed by atoms with E-state index < -0.39 is 26.1 Å². The average Bonchev–Trinajstić information content (AvgIpc) is 3.04. The minimum absolute atomic E-state index is 0.0466. The third kappa shape index (κ3) is 7.76. The molecule has 0 bridgehead atoms. The number of imide groups is 1. The van der Waals surface area contributed by atoms with Crippen LogP contribution in [0.5, 0.6) is 5.75 Å². The molecule has 1 heterocycles. The van der Waals surface area contributed by atoms with Crippen molar-refractivity contribution in [2.24, 2.45) is 23.7 Å². The van der Waals surface area contributed by atoms with Crippen LogP contribution in [0.4, 0.5) is 0 Å². The number of carbonyl (C=O) groups excluding carboxylic acids is 2. The van der Waals surface area contributed by atoms with Crippen molar-refractivity contribution in [3.05, 3.63) is 65.7 Å². The van der Waals surface area contributed by atoms with Crippen molar-refractivity contribution in [3.8, 4) is 5.75 Å². The Hall–Kier alpha value is -2.44. The topological polar surface area (TPSA) is 55.8 Å². The van der Waals surface area contributed by atoms with E-state index in [-0.39, 0.29) is 23.7 Å². The fourth-order valence-corrected chi connectivity index (χ4v) is 12.9. The molecule has 2 amide bonds. The molecule has 1 aliphatic heterocycles. The van der Waals surface area contributed by atoms with Gasteiger partial charge in [-0.1, -0.05) is 129 Å². The first kappa shape index (κ1) is 35.4. The highest BCUT2D eigenvalue weighted by atomic mass is 28.4. The van der Waals surface area contributed by atoms with Crippen LogP contribution in [-0.2, 0) is 9.22 Å². The number of nitrogens with zero attached hydrogens (tertiary/aromatic N) is 1. The van der Waals surface area contributed by atoms with Crippen LogP contribution >= 0.6 is 0 Å². The molecule has 0 radical (unpaired) electrons. The van der Waals surface area contributed by atoms with Crippen molar-refractivity contribution in [1.82, 2.24) is 4.90 Å². The van der Waals surface area contributed by atoms with E-state index >= 15 is 4.79 Å². The molecule has 5 nitrogen and oxygen atoms in total. The van der Waals surface area contributed by atoms with Crippen LogP contribution in [0.3, 0.4) is 0 Å². The Kier molecular flexibility index (Phi) is 12.5. The number of unbranched alkanes of at least 4 members (excludes halogenated alkanes) is 3. The maximum absolute atomic E-state index is 15.2. The van der Waals surface area contributed by atoms with Crippen LogP contribution in [-0.4, -0.2) is 30.8 Å². The molecule has 1 spiro atoms. The number of benzene rings is 2. The van der Waals surface area contributed by atoms with Gasteiger partial charge in [0.2, 0.25) is 5.91 Å². The predicted octanol–water partition coefficient (Wildman–Crippen LogP) is 10.6. The maximum Gasteiger partial charge on any atom is 0.267 e. The largest absolute Gasteiger partial charge is 0.466 e. The molecule has 0 aromatic heterocycles. The fraction of sp³-hybridized carbons (Fsp3) is 0.641. The Morgan fingerprint density at radius 2 is 1.49 bits per heavy atom. The van der Waals surface area contributed by atoms with E-state index in [0.717, 1.165) is 75.1 Å². The molecule has 0 saturated heterocycles. The van der Waals surface area contributed by atoms with Gasteiger partial charge in [-0.3, -0.25) is 9.59 Å². The van der Waals surface area contributed by atoms with Crippen LogP contribution < -0.4 is 4.74 Å². The number of amides is 2. The Balaban J connectivity index is 1.82. The summed E-state index contributed by atoms with van der Waals surface area (Å²) >= 11 is 0. The first-order valence-corrected chi connectivity index (χ1v) is 20.5. The molecule has 1 aliphatic carbocycles. The van der Waals surface area contributed by atoms with E-state index in [2.05, 4.69) is 53.7 Å². The Morgan fingerprint density at radius 1 is 0.911 bits per heavy atom. The van der Waals surface area contributed by atoms with E-state index in [1.165, 1.54) is 0 Å².